The molecule has 0 fully saturated rings. The molecule has 0 saturated carbocycles. The molecule has 1 rings (SSSR count). The van der Waals surface area contributed by atoms with Crippen LogP contribution >= 0.6 is 0 Å². The molecule has 0 radical (unpaired) electrons. The first kappa shape index (κ1) is 15.1. The number of methoxy groups -OCH3 is 1. The van der Waals surface area contributed by atoms with Gasteiger partial charge >= 0.3 is 0 Å². The van der Waals surface area contributed by atoms with E-state index in [4.69, 9.17) is 9.47 Å². The van der Waals surface area contributed by atoms with Crippen LogP contribution in [0.3, 0.4) is 0 Å². The van der Waals surface area contributed by atoms with Crippen molar-refractivity contribution in [1.82, 2.24) is 20.1 Å². The van der Waals surface area contributed by atoms with Crippen molar-refractivity contribution in [2.24, 2.45) is 0 Å². The molecule has 0 amide bonds. The van der Waals surface area contributed by atoms with Crippen LogP contribution in [0.25, 0.3) is 0 Å². The van der Waals surface area contributed by atoms with Crippen LogP contribution in [0.2, 0.25) is 0 Å². The molecule has 6 nitrogen and oxygen atoms in total. The molecule has 0 aliphatic heterocycles. The third kappa shape index (κ3) is 6.68. The standard InChI is InChI=1S/C12H24N4O2/c1-11(2)13-9-12-14-10-16(15-12)5-8-18-7-4-6-17-3/h10-11,13H,4-9H2,1-3H3. The Morgan fingerprint density at radius 2 is 2.17 bits per heavy atom. The zero-order valence-electron chi connectivity index (χ0n) is 11.6. The first-order chi connectivity index (χ1) is 8.72. The van der Waals surface area contributed by atoms with E-state index < -0.39 is 0 Å². The normalized spacial score (nSPS) is 11.3. The summed E-state index contributed by atoms with van der Waals surface area (Å²) in [6.45, 7) is 7.78. The molecule has 0 saturated heterocycles. The number of ether oxygens (including phenoxy) is 2. The molecule has 1 aromatic rings. The lowest BCUT2D eigenvalue weighted by Crippen LogP contribution is -2.22. The highest BCUT2D eigenvalue weighted by Crippen LogP contribution is 1.92. The number of rotatable bonds is 10. The largest absolute Gasteiger partial charge is 0.385 e. The third-order valence-electron chi connectivity index (χ3n) is 2.35. The highest BCUT2D eigenvalue weighted by atomic mass is 16.5. The monoisotopic (exact) mass is 256 g/mol. The van der Waals surface area contributed by atoms with Gasteiger partial charge in [0, 0.05) is 26.4 Å². The maximum Gasteiger partial charge on any atom is 0.164 e. The van der Waals surface area contributed by atoms with Gasteiger partial charge in [0.15, 0.2) is 5.82 Å². The molecule has 0 aliphatic rings. The van der Waals surface area contributed by atoms with Gasteiger partial charge < -0.3 is 14.8 Å². The van der Waals surface area contributed by atoms with E-state index >= 15 is 0 Å². The first-order valence-corrected chi connectivity index (χ1v) is 6.40. The molecular formula is C12H24N4O2. The van der Waals surface area contributed by atoms with Gasteiger partial charge in [0.1, 0.15) is 6.33 Å². The Balaban J connectivity index is 2.11. The van der Waals surface area contributed by atoms with Gasteiger partial charge in [-0.05, 0) is 6.42 Å². The van der Waals surface area contributed by atoms with Crippen molar-refractivity contribution in [3.8, 4) is 0 Å². The van der Waals surface area contributed by atoms with Crippen molar-refractivity contribution in [3.05, 3.63) is 12.2 Å². The SMILES string of the molecule is COCCCOCCn1cnc(CNC(C)C)n1. The Kier molecular flexibility index (Phi) is 7.55. The Morgan fingerprint density at radius 3 is 2.89 bits per heavy atom. The van der Waals surface area contributed by atoms with Gasteiger partial charge in [0.2, 0.25) is 0 Å². The van der Waals surface area contributed by atoms with E-state index in [1.54, 1.807) is 13.4 Å². The lowest BCUT2D eigenvalue weighted by Gasteiger charge is -2.05. The highest BCUT2D eigenvalue weighted by molar-refractivity contribution is 4.81. The van der Waals surface area contributed by atoms with Crippen molar-refractivity contribution in [1.29, 1.82) is 0 Å². The zero-order valence-corrected chi connectivity index (χ0v) is 11.6. The molecule has 0 spiro atoms. The van der Waals surface area contributed by atoms with Crippen LogP contribution in [-0.2, 0) is 22.6 Å². The van der Waals surface area contributed by atoms with Gasteiger partial charge in [0.25, 0.3) is 0 Å². The summed E-state index contributed by atoms with van der Waals surface area (Å²) in [7, 11) is 1.70. The van der Waals surface area contributed by atoms with Gasteiger partial charge in [0.05, 0.1) is 19.7 Å². The summed E-state index contributed by atoms with van der Waals surface area (Å²) in [5.74, 6) is 0.822. The summed E-state index contributed by atoms with van der Waals surface area (Å²) in [6, 6.07) is 0.445. The van der Waals surface area contributed by atoms with Crippen LogP contribution in [0.15, 0.2) is 6.33 Å². The molecule has 0 bridgehead atoms. The second-order valence-corrected chi connectivity index (χ2v) is 4.42. The number of aromatic nitrogens is 3. The second kappa shape index (κ2) is 9.02. The van der Waals surface area contributed by atoms with Crippen molar-refractivity contribution in [2.45, 2.75) is 39.4 Å². The quantitative estimate of drug-likeness (QED) is 0.628. The van der Waals surface area contributed by atoms with Gasteiger partial charge in [-0.3, -0.25) is 4.68 Å². The molecule has 0 aliphatic carbocycles. The van der Waals surface area contributed by atoms with Crippen molar-refractivity contribution in [3.63, 3.8) is 0 Å². The third-order valence-corrected chi connectivity index (χ3v) is 2.35. The summed E-state index contributed by atoms with van der Waals surface area (Å²) < 4.78 is 12.2. The molecule has 0 aromatic carbocycles. The molecule has 6 heteroatoms. The van der Waals surface area contributed by atoms with Crippen LogP contribution < -0.4 is 5.32 Å². The van der Waals surface area contributed by atoms with Crippen molar-refractivity contribution in [2.75, 3.05) is 26.9 Å². The fourth-order valence-electron chi connectivity index (χ4n) is 1.38. The van der Waals surface area contributed by atoms with E-state index in [9.17, 15) is 0 Å². The average molecular weight is 256 g/mol. The van der Waals surface area contributed by atoms with Crippen LogP contribution in [0.4, 0.5) is 0 Å². The van der Waals surface area contributed by atoms with Crippen LogP contribution in [0, 0.1) is 0 Å². The summed E-state index contributed by atoms with van der Waals surface area (Å²) in [5.41, 5.74) is 0. The Morgan fingerprint density at radius 1 is 1.33 bits per heavy atom. The first-order valence-electron chi connectivity index (χ1n) is 6.40. The van der Waals surface area contributed by atoms with Gasteiger partial charge in [-0.25, -0.2) is 4.98 Å². The fraction of sp³-hybridized carbons (Fsp3) is 0.833. The Bertz CT molecular complexity index is 315. The Labute approximate surface area is 109 Å². The molecule has 104 valence electrons. The topological polar surface area (TPSA) is 61.2 Å². The fourth-order valence-corrected chi connectivity index (χ4v) is 1.38. The summed E-state index contributed by atoms with van der Waals surface area (Å²) in [5, 5.41) is 7.64. The number of nitrogens with one attached hydrogen (secondary N) is 1. The van der Waals surface area contributed by atoms with E-state index in [-0.39, 0.29) is 0 Å². The van der Waals surface area contributed by atoms with Crippen molar-refractivity contribution >= 4 is 0 Å². The van der Waals surface area contributed by atoms with E-state index in [0.717, 1.165) is 32.0 Å². The van der Waals surface area contributed by atoms with E-state index in [1.165, 1.54) is 0 Å². The molecule has 1 aromatic heterocycles. The predicted molar refractivity (Wildman–Crippen MR) is 69.3 cm³/mol. The van der Waals surface area contributed by atoms with Crippen LogP contribution in [0.5, 0.6) is 0 Å². The minimum atomic E-state index is 0.445. The lowest BCUT2D eigenvalue weighted by molar-refractivity contribution is 0.0960. The predicted octanol–water partition coefficient (Wildman–Crippen LogP) is 0.829. The van der Waals surface area contributed by atoms with Gasteiger partial charge in [-0.1, -0.05) is 13.8 Å². The molecule has 0 atom stereocenters. The smallest absolute Gasteiger partial charge is 0.164 e. The average Bonchev–Trinajstić information content (AvgIpc) is 2.79. The minimum Gasteiger partial charge on any atom is -0.385 e. The minimum absolute atomic E-state index is 0.445. The molecule has 1 N–H and O–H groups in total. The van der Waals surface area contributed by atoms with E-state index in [1.807, 2.05) is 4.68 Å². The van der Waals surface area contributed by atoms with Gasteiger partial charge in [-0.15, -0.1) is 0 Å². The van der Waals surface area contributed by atoms with E-state index in [0.29, 0.717) is 19.2 Å². The zero-order chi connectivity index (χ0) is 13.2. The summed E-state index contributed by atoms with van der Waals surface area (Å²) >= 11 is 0. The van der Waals surface area contributed by atoms with Crippen LogP contribution in [-0.4, -0.2) is 47.7 Å². The number of nitrogens with zero attached hydrogens (tertiary/aromatic N) is 3. The molecule has 0 unspecified atom stereocenters. The summed E-state index contributed by atoms with van der Waals surface area (Å²) in [4.78, 5) is 4.23. The van der Waals surface area contributed by atoms with Crippen molar-refractivity contribution < 1.29 is 9.47 Å². The van der Waals surface area contributed by atoms with Gasteiger partial charge in [-0.2, -0.15) is 5.10 Å². The number of hydrogen-bond acceptors (Lipinski definition) is 5. The molecule has 1 heterocycles. The lowest BCUT2D eigenvalue weighted by atomic mass is 10.4. The molecule has 18 heavy (non-hydrogen) atoms. The molecular weight excluding hydrogens is 232 g/mol. The maximum atomic E-state index is 5.46. The van der Waals surface area contributed by atoms with Crippen LogP contribution in [0.1, 0.15) is 26.1 Å². The Hall–Kier alpha value is -0.980. The summed E-state index contributed by atoms with van der Waals surface area (Å²) in [6.07, 6.45) is 2.67. The maximum absolute atomic E-state index is 5.46. The van der Waals surface area contributed by atoms with E-state index in [2.05, 4.69) is 29.2 Å². The highest BCUT2D eigenvalue weighted by Gasteiger charge is 2.01. The number of hydrogen-bond donors (Lipinski definition) is 1. The second-order valence-electron chi connectivity index (χ2n) is 4.42.